The van der Waals surface area contributed by atoms with Crippen LogP contribution >= 0.6 is 11.6 Å². The van der Waals surface area contributed by atoms with Crippen molar-refractivity contribution in [1.29, 1.82) is 0 Å². The van der Waals surface area contributed by atoms with Gasteiger partial charge < -0.3 is 31.1 Å². The number of nitro benzene ring substituents is 1. The molecule has 1 aromatic rings. The Morgan fingerprint density at radius 1 is 1.09 bits per heavy atom. The Morgan fingerprint density at radius 3 is 1.95 bits per heavy atom. The molecule has 6 N–H and O–H groups in total. The minimum absolute atomic E-state index is 0.0686. The van der Waals surface area contributed by atoms with Crippen LogP contribution in [0, 0.1) is 10.1 Å². The molecule has 0 fully saturated rings. The van der Waals surface area contributed by atoms with Crippen molar-refractivity contribution in [2.45, 2.75) is 38.5 Å². The van der Waals surface area contributed by atoms with Crippen LogP contribution in [-0.2, 0) is 0 Å². The van der Waals surface area contributed by atoms with Crippen molar-refractivity contribution in [3.8, 4) is 0 Å². The van der Waals surface area contributed by atoms with Gasteiger partial charge in [0.05, 0.1) is 15.6 Å². The lowest BCUT2D eigenvalue weighted by atomic mass is 10.2. The number of anilines is 2. The van der Waals surface area contributed by atoms with Crippen LogP contribution in [0.15, 0.2) is 12.1 Å². The maximum absolute atomic E-state index is 11.1. The standard InChI is InChI=1S/C12H18ClN3O6/c1-3-11(17,18)14-8-6-10(16(21)22)9(5-7(8)13)15-12(19,20)4-2/h5-6,14-15,17-20H,3-4H2,1-2H3. The lowest BCUT2D eigenvalue weighted by Gasteiger charge is -2.25. The van der Waals surface area contributed by atoms with Gasteiger partial charge in [0.15, 0.2) is 0 Å². The Kier molecular flexibility index (Phi) is 5.54. The average Bonchev–Trinajstić information content (AvgIpc) is 2.41. The highest BCUT2D eigenvalue weighted by atomic mass is 35.5. The van der Waals surface area contributed by atoms with Gasteiger partial charge in [-0.2, -0.15) is 0 Å². The van der Waals surface area contributed by atoms with Gasteiger partial charge in [0.1, 0.15) is 5.69 Å². The number of benzene rings is 1. The molecule has 10 heteroatoms. The van der Waals surface area contributed by atoms with Crippen molar-refractivity contribution in [3.05, 3.63) is 27.3 Å². The molecule has 0 atom stereocenters. The van der Waals surface area contributed by atoms with Gasteiger partial charge in [-0.15, -0.1) is 0 Å². The van der Waals surface area contributed by atoms with Gasteiger partial charge in [-0.25, -0.2) is 0 Å². The van der Waals surface area contributed by atoms with E-state index < -0.39 is 22.4 Å². The molecular formula is C12H18ClN3O6. The van der Waals surface area contributed by atoms with Crippen LogP contribution in [0.2, 0.25) is 5.02 Å². The van der Waals surface area contributed by atoms with E-state index in [0.29, 0.717) is 0 Å². The summed E-state index contributed by atoms with van der Waals surface area (Å²) in [6, 6.07) is 2.05. The summed E-state index contributed by atoms with van der Waals surface area (Å²) in [5, 5.41) is 53.7. The van der Waals surface area contributed by atoms with Crippen LogP contribution < -0.4 is 10.6 Å². The molecule has 0 bridgehead atoms. The van der Waals surface area contributed by atoms with Crippen molar-refractivity contribution in [2.75, 3.05) is 10.6 Å². The van der Waals surface area contributed by atoms with Crippen molar-refractivity contribution in [2.24, 2.45) is 0 Å². The van der Waals surface area contributed by atoms with E-state index in [4.69, 9.17) is 11.6 Å². The number of aliphatic hydroxyl groups is 4. The zero-order valence-corrected chi connectivity index (χ0v) is 12.8. The van der Waals surface area contributed by atoms with Crippen LogP contribution in [-0.4, -0.2) is 37.2 Å². The fraction of sp³-hybridized carbons (Fsp3) is 0.500. The van der Waals surface area contributed by atoms with Crippen molar-refractivity contribution < 1.29 is 25.3 Å². The van der Waals surface area contributed by atoms with Gasteiger partial charge >= 0.3 is 0 Å². The first-order chi connectivity index (χ1) is 10.0. The van der Waals surface area contributed by atoms with Gasteiger partial charge in [-0.05, 0) is 6.07 Å². The number of hydrogen-bond donors (Lipinski definition) is 6. The summed E-state index contributed by atoms with van der Waals surface area (Å²) in [7, 11) is 0. The van der Waals surface area contributed by atoms with E-state index in [1.54, 1.807) is 0 Å². The Balaban J connectivity index is 3.27. The molecule has 1 rings (SSSR count). The summed E-state index contributed by atoms with van der Waals surface area (Å²) in [6.07, 6.45) is -0.225. The maximum Gasteiger partial charge on any atom is 0.294 e. The quantitative estimate of drug-likeness (QED) is 0.247. The molecule has 9 nitrogen and oxygen atoms in total. The molecular weight excluding hydrogens is 318 g/mol. The van der Waals surface area contributed by atoms with Crippen molar-refractivity contribution in [1.82, 2.24) is 0 Å². The van der Waals surface area contributed by atoms with Crippen LogP contribution in [0.25, 0.3) is 0 Å². The molecule has 1 aromatic carbocycles. The average molecular weight is 336 g/mol. The fourth-order valence-corrected chi connectivity index (χ4v) is 1.73. The van der Waals surface area contributed by atoms with E-state index in [9.17, 15) is 30.5 Å². The fourth-order valence-electron chi connectivity index (χ4n) is 1.52. The van der Waals surface area contributed by atoms with Gasteiger partial charge in [0.2, 0.25) is 11.8 Å². The SMILES string of the molecule is CCC(O)(O)Nc1cc([N+](=O)[O-])c(NC(O)(O)CC)cc1Cl. The minimum Gasteiger partial charge on any atom is -0.349 e. The topological polar surface area (TPSA) is 148 Å². The molecule has 0 saturated carbocycles. The summed E-state index contributed by atoms with van der Waals surface area (Å²) in [6.45, 7) is 2.95. The second-order valence-corrected chi connectivity index (χ2v) is 5.10. The Hall–Kier alpha value is -1.65. The van der Waals surface area contributed by atoms with Gasteiger partial charge in [-0.1, -0.05) is 25.4 Å². The van der Waals surface area contributed by atoms with E-state index in [2.05, 4.69) is 10.6 Å². The summed E-state index contributed by atoms with van der Waals surface area (Å²) in [5.41, 5.74) is -0.811. The largest absolute Gasteiger partial charge is 0.349 e. The highest BCUT2D eigenvalue weighted by Crippen LogP contribution is 2.36. The summed E-state index contributed by atoms with van der Waals surface area (Å²) >= 11 is 5.93. The minimum atomic E-state index is -2.34. The second-order valence-electron chi connectivity index (χ2n) is 4.70. The van der Waals surface area contributed by atoms with E-state index in [0.717, 1.165) is 12.1 Å². The summed E-state index contributed by atoms with van der Waals surface area (Å²) in [4.78, 5) is 10.3. The van der Waals surface area contributed by atoms with Crippen LogP contribution in [0.4, 0.5) is 17.1 Å². The zero-order valence-electron chi connectivity index (χ0n) is 12.0. The normalized spacial score (nSPS) is 12.1. The van der Waals surface area contributed by atoms with E-state index in [1.807, 2.05) is 0 Å². The van der Waals surface area contributed by atoms with Gasteiger partial charge in [0.25, 0.3) is 5.69 Å². The number of hydrogen-bond acceptors (Lipinski definition) is 8. The Bertz CT molecular complexity index is 564. The highest BCUT2D eigenvalue weighted by Gasteiger charge is 2.28. The molecule has 0 heterocycles. The van der Waals surface area contributed by atoms with E-state index >= 15 is 0 Å². The second kappa shape index (κ2) is 6.63. The monoisotopic (exact) mass is 335 g/mol. The van der Waals surface area contributed by atoms with Gasteiger partial charge in [-0.3, -0.25) is 10.1 Å². The maximum atomic E-state index is 11.1. The first-order valence-electron chi connectivity index (χ1n) is 6.45. The smallest absolute Gasteiger partial charge is 0.294 e. The van der Waals surface area contributed by atoms with E-state index in [1.165, 1.54) is 13.8 Å². The molecule has 0 radical (unpaired) electrons. The Morgan fingerprint density at radius 2 is 1.55 bits per heavy atom. The molecule has 0 saturated heterocycles. The molecule has 0 aromatic heterocycles. The molecule has 0 aliphatic carbocycles. The van der Waals surface area contributed by atoms with Gasteiger partial charge in [0, 0.05) is 18.9 Å². The summed E-state index contributed by atoms with van der Waals surface area (Å²) in [5.74, 6) is -4.63. The molecule has 0 spiro atoms. The molecule has 0 aliphatic rings. The number of nitrogens with one attached hydrogen (secondary N) is 2. The lowest BCUT2D eigenvalue weighted by Crippen LogP contribution is -2.37. The first kappa shape index (κ1) is 18.4. The number of nitrogens with zero attached hydrogens (tertiary/aromatic N) is 1. The number of halogens is 1. The first-order valence-corrected chi connectivity index (χ1v) is 6.83. The van der Waals surface area contributed by atoms with Crippen LogP contribution in [0.3, 0.4) is 0 Å². The third kappa shape index (κ3) is 4.68. The predicted molar refractivity (Wildman–Crippen MR) is 80.3 cm³/mol. The molecule has 124 valence electrons. The Labute approximate surface area is 131 Å². The van der Waals surface area contributed by atoms with Crippen molar-refractivity contribution >= 4 is 28.7 Å². The molecule has 22 heavy (non-hydrogen) atoms. The number of rotatable bonds is 7. The zero-order chi connectivity index (χ0) is 17.1. The predicted octanol–water partition coefficient (Wildman–Crippen LogP) is 1.17. The molecule has 0 aliphatic heterocycles. The summed E-state index contributed by atoms with van der Waals surface area (Å²) < 4.78 is 0. The molecule has 0 unspecified atom stereocenters. The third-order valence-corrected chi connectivity index (χ3v) is 3.25. The highest BCUT2D eigenvalue weighted by molar-refractivity contribution is 6.33. The van der Waals surface area contributed by atoms with E-state index in [-0.39, 0.29) is 29.2 Å². The third-order valence-electron chi connectivity index (χ3n) is 2.94. The number of nitro groups is 1. The van der Waals surface area contributed by atoms with Crippen molar-refractivity contribution in [3.63, 3.8) is 0 Å². The van der Waals surface area contributed by atoms with Crippen LogP contribution in [0.1, 0.15) is 26.7 Å². The molecule has 0 amide bonds. The lowest BCUT2D eigenvalue weighted by molar-refractivity contribution is -0.384. The van der Waals surface area contributed by atoms with Crippen LogP contribution in [0.5, 0.6) is 0 Å².